The summed E-state index contributed by atoms with van der Waals surface area (Å²) in [5.41, 5.74) is 2.87. The van der Waals surface area contributed by atoms with Gasteiger partial charge in [0.15, 0.2) is 0 Å². The fourth-order valence-electron chi connectivity index (χ4n) is 0.544. The van der Waals surface area contributed by atoms with E-state index in [4.69, 9.17) is 4.74 Å². The van der Waals surface area contributed by atoms with Crippen LogP contribution in [0.5, 0.6) is 0 Å². The molecule has 0 aromatic rings. The van der Waals surface area contributed by atoms with E-state index in [1.807, 2.05) is 4.91 Å². The van der Waals surface area contributed by atoms with Crippen LogP contribution < -0.4 is 0 Å². The molecule has 2 nitrogen and oxygen atoms in total. The molecule has 68 valence electrons. The Hall–Kier alpha value is -0.467. The molecule has 3 heteroatoms. The summed E-state index contributed by atoms with van der Waals surface area (Å²) in [6.45, 7) is 2.21. The predicted octanol–water partition coefficient (Wildman–Crippen LogP) is 2.14. The second-order valence-electron chi connectivity index (χ2n) is 3.57. The summed E-state index contributed by atoms with van der Waals surface area (Å²) in [7, 11) is 0. The summed E-state index contributed by atoms with van der Waals surface area (Å²) in [5.74, 6) is 6.38. The van der Waals surface area contributed by atoms with E-state index in [-0.39, 0.29) is 5.97 Å². The van der Waals surface area contributed by atoms with Gasteiger partial charge in [-0.05, 0) is 0 Å². The van der Waals surface area contributed by atoms with Crippen molar-refractivity contribution < 1.29 is 9.53 Å². The molecule has 0 unspecified atom stereocenters. The van der Waals surface area contributed by atoms with Crippen molar-refractivity contribution >= 4 is 19.2 Å². The molecule has 0 aliphatic carbocycles. The molecule has 0 rings (SSSR count). The molecule has 0 bridgehead atoms. The zero-order valence-corrected chi connectivity index (χ0v) is 10.3. The van der Waals surface area contributed by atoms with E-state index in [1.165, 1.54) is 6.08 Å². The molecule has 0 amide bonds. The molecular formula is C9H16GeO2. The Labute approximate surface area is 76.7 Å². The van der Waals surface area contributed by atoms with Crippen LogP contribution in [0.2, 0.25) is 17.3 Å². The molecule has 0 atom stereocenters. The molecule has 0 fully saturated rings. The van der Waals surface area contributed by atoms with Crippen LogP contribution in [0.3, 0.4) is 0 Å². The van der Waals surface area contributed by atoms with Crippen LogP contribution in [0.1, 0.15) is 6.92 Å². The molecule has 12 heavy (non-hydrogen) atoms. The van der Waals surface area contributed by atoms with Crippen molar-refractivity contribution in [2.75, 3.05) is 6.61 Å². The van der Waals surface area contributed by atoms with Crippen LogP contribution in [0, 0.1) is 0 Å². The van der Waals surface area contributed by atoms with Crippen molar-refractivity contribution in [3.63, 3.8) is 0 Å². The molecular weight excluding hydrogens is 213 g/mol. The Morgan fingerprint density at radius 3 is 2.50 bits per heavy atom. The van der Waals surface area contributed by atoms with E-state index in [0.29, 0.717) is 6.61 Å². The number of carbonyl (C=O) groups is 1. The Balaban J connectivity index is 4.06. The minimum atomic E-state index is -1.67. The third-order valence-corrected chi connectivity index (χ3v) is 3.17. The molecule has 0 aromatic carbocycles. The topological polar surface area (TPSA) is 26.3 Å². The Kier molecular flexibility index (Phi) is 5.02. The monoisotopic (exact) mass is 230 g/mol. The summed E-state index contributed by atoms with van der Waals surface area (Å²) in [4.78, 5) is 12.8. The normalized spacial score (nSPS) is 10.0. The molecule has 0 spiro atoms. The van der Waals surface area contributed by atoms with E-state index >= 15 is 0 Å². The van der Waals surface area contributed by atoms with Gasteiger partial charge < -0.3 is 0 Å². The van der Waals surface area contributed by atoms with Crippen molar-refractivity contribution in [3.05, 3.63) is 16.7 Å². The van der Waals surface area contributed by atoms with Crippen LogP contribution in [0.4, 0.5) is 0 Å². The SMILES string of the molecule is CCOC(=O)C=C=[CH][Ge]([CH3])([CH3])[CH3]. The van der Waals surface area contributed by atoms with Crippen molar-refractivity contribution in [2.45, 2.75) is 24.2 Å². The van der Waals surface area contributed by atoms with Gasteiger partial charge >= 0.3 is 76.3 Å². The molecule has 0 N–H and O–H groups in total. The maximum atomic E-state index is 10.8. The third-order valence-electron chi connectivity index (χ3n) is 1.00. The Morgan fingerprint density at radius 1 is 1.50 bits per heavy atom. The van der Waals surface area contributed by atoms with E-state index in [2.05, 4.69) is 23.0 Å². The molecule has 0 aliphatic heterocycles. The fourth-order valence-corrected chi connectivity index (χ4v) is 1.77. The van der Waals surface area contributed by atoms with Crippen molar-refractivity contribution in [3.8, 4) is 0 Å². The number of esters is 1. The van der Waals surface area contributed by atoms with Crippen LogP contribution in [0.25, 0.3) is 0 Å². The van der Waals surface area contributed by atoms with E-state index in [0.717, 1.165) is 0 Å². The van der Waals surface area contributed by atoms with Crippen LogP contribution in [-0.4, -0.2) is 25.8 Å². The van der Waals surface area contributed by atoms with Gasteiger partial charge in [-0.2, -0.15) is 0 Å². The van der Waals surface area contributed by atoms with E-state index in [9.17, 15) is 4.79 Å². The van der Waals surface area contributed by atoms with Gasteiger partial charge in [0.05, 0.1) is 0 Å². The van der Waals surface area contributed by atoms with Gasteiger partial charge in [0.25, 0.3) is 0 Å². The first-order chi connectivity index (χ1) is 5.45. The number of hydrogen-bond acceptors (Lipinski definition) is 2. The second kappa shape index (κ2) is 5.23. The van der Waals surface area contributed by atoms with Crippen molar-refractivity contribution in [1.82, 2.24) is 0 Å². The molecule has 0 aliphatic rings. The van der Waals surface area contributed by atoms with Gasteiger partial charge in [-0.25, -0.2) is 0 Å². The molecule has 0 saturated heterocycles. The number of ether oxygens (including phenoxy) is 1. The summed E-state index contributed by atoms with van der Waals surface area (Å²) < 4.78 is 4.70. The van der Waals surface area contributed by atoms with Crippen LogP contribution in [0.15, 0.2) is 16.7 Å². The van der Waals surface area contributed by atoms with Gasteiger partial charge in [0.2, 0.25) is 0 Å². The van der Waals surface area contributed by atoms with Gasteiger partial charge in [-0.1, -0.05) is 0 Å². The molecule has 0 heterocycles. The number of rotatable bonds is 3. The van der Waals surface area contributed by atoms with Crippen LogP contribution >= 0.6 is 0 Å². The maximum absolute atomic E-state index is 10.8. The second-order valence-corrected chi connectivity index (χ2v) is 14.1. The first-order valence-electron chi connectivity index (χ1n) is 4.06. The quantitative estimate of drug-likeness (QED) is 0.320. The van der Waals surface area contributed by atoms with Gasteiger partial charge in [-0.15, -0.1) is 0 Å². The molecule has 0 aromatic heterocycles. The molecule has 0 radical (unpaired) electrons. The van der Waals surface area contributed by atoms with Gasteiger partial charge in [0, 0.05) is 0 Å². The summed E-state index contributed by atoms with van der Waals surface area (Å²) in [6.07, 6.45) is 1.36. The first-order valence-corrected chi connectivity index (χ1v) is 11.6. The number of hydrogen-bond donors (Lipinski definition) is 0. The average molecular weight is 229 g/mol. The summed E-state index contributed by atoms with van der Waals surface area (Å²) in [5, 5.41) is 0. The first kappa shape index (κ1) is 11.5. The standard InChI is InChI=1S/C9H16GeO2/c1-5-12-9(11)7-6-8-10(2,3)4/h7-8H,5H2,1-4H3. The van der Waals surface area contributed by atoms with Gasteiger partial charge in [0.1, 0.15) is 0 Å². The fraction of sp³-hybridized carbons (Fsp3) is 0.556. The third kappa shape index (κ3) is 7.64. The van der Waals surface area contributed by atoms with Gasteiger partial charge in [-0.3, -0.25) is 0 Å². The summed E-state index contributed by atoms with van der Waals surface area (Å²) >= 11 is -1.67. The van der Waals surface area contributed by atoms with E-state index in [1.54, 1.807) is 6.92 Å². The zero-order chi connectivity index (χ0) is 9.61. The predicted molar refractivity (Wildman–Crippen MR) is 52.6 cm³/mol. The van der Waals surface area contributed by atoms with Crippen molar-refractivity contribution in [1.29, 1.82) is 0 Å². The van der Waals surface area contributed by atoms with E-state index < -0.39 is 13.3 Å². The van der Waals surface area contributed by atoms with Crippen molar-refractivity contribution in [2.24, 2.45) is 0 Å². The number of carbonyl (C=O) groups excluding carboxylic acids is 1. The Morgan fingerprint density at radius 2 is 2.08 bits per heavy atom. The van der Waals surface area contributed by atoms with Crippen LogP contribution in [-0.2, 0) is 9.53 Å². The zero-order valence-electron chi connectivity index (χ0n) is 8.18. The minimum absolute atomic E-state index is 0.305. The molecule has 0 saturated carbocycles. The average Bonchev–Trinajstić information content (AvgIpc) is 1.84. The Bertz CT molecular complexity index is 207. The summed E-state index contributed by atoms with van der Waals surface area (Å²) in [6, 6.07) is 0.